The van der Waals surface area contributed by atoms with Crippen molar-refractivity contribution in [3.8, 4) is 11.5 Å². The van der Waals surface area contributed by atoms with Gasteiger partial charge in [0.25, 0.3) is 0 Å². The van der Waals surface area contributed by atoms with E-state index in [2.05, 4.69) is 55.0 Å². The van der Waals surface area contributed by atoms with Gasteiger partial charge in [-0.05, 0) is 60.2 Å². The van der Waals surface area contributed by atoms with Crippen molar-refractivity contribution in [3.63, 3.8) is 0 Å². The highest BCUT2D eigenvalue weighted by molar-refractivity contribution is 9.10. The fourth-order valence-electron chi connectivity index (χ4n) is 1.73. The van der Waals surface area contributed by atoms with E-state index in [1.807, 2.05) is 17.8 Å². The molecular formula is C16H26BrNO2S. The van der Waals surface area contributed by atoms with Crippen molar-refractivity contribution in [1.29, 1.82) is 0 Å². The van der Waals surface area contributed by atoms with Crippen LogP contribution >= 0.6 is 27.7 Å². The Morgan fingerprint density at radius 3 is 2.57 bits per heavy atom. The molecule has 3 nitrogen and oxygen atoms in total. The second-order valence-corrected chi connectivity index (χ2v) is 8.01. The first kappa shape index (κ1) is 18.7. The topological polar surface area (TPSA) is 30.5 Å². The Morgan fingerprint density at radius 1 is 1.29 bits per heavy atom. The molecule has 21 heavy (non-hydrogen) atoms. The fraction of sp³-hybridized carbons (Fsp3) is 0.625. The van der Waals surface area contributed by atoms with Gasteiger partial charge in [-0.25, -0.2) is 0 Å². The van der Waals surface area contributed by atoms with Gasteiger partial charge in [0.15, 0.2) is 11.5 Å². The van der Waals surface area contributed by atoms with Gasteiger partial charge in [0.2, 0.25) is 0 Å². The van der Waals surface area contributed by atoms with Gasteiger partial charge < -0.3 is 14.8 Å². The van der Waals surface area contributed by atoms with Gasteiger partial charge in [-0.1, -0.05) is 6.92 Å². The van der Waals surface area contributed by atoms with Gasteiger partial charge in [-0.15, -0.1) is 0 Å². The van der Waals surface area contributed by atoms with E-state index in [-0.39, 0.29) is 5.54 Å². The van der Waals surface area contributed by atoms with Gasteiger partial charge in [-0.3, -0.25) is 0 Å². The number of nitrogens with one attached hydrogen (secondary N) is 1. The first-order chi connectivity index (χ1) is 9.87. The predicted molar refractivity (Wildman–Crippen MR) is 95.8 cm³/mol. The molecule has 0 atom stereocenters. The molecule has 0 saturated carbocycles. The Labute approximate surface area is 141 Å². The summed E-state index contributed by atoms with van der Waals surface area (Å²) in [4.78, 5) is 0. The Bertz CT molecular complexity index is 447. The fourth-order valence-corrected chi connectivity index (χ4v) is 2.82. The first-order valence-electron chi connectivity index (χ1n) is 7.19. The number of methoxy groups -OCH3 is 1. The van der Waals surface area contributed by atoms with Crippen LogP contribution in [0.15, 0.2) is 16.6 Å². The number of halogens is 1. The van der Waals surface area contributed by atoms with Gasteiger partial charge in [0.05, 0.1) is 18.2 Å². The van der Waals surface area contributed by atoms with Crippen LogP contribution in [0.25, 0.3) is 0 Å². The van der Waals surface area contributed by atoms with E-state index < -0.39 is 0 Å². The third-order valence-electron chi connectivity index (χ3n) is 2.79. The van der Waals surface area contributed by atoms with Crippen molar-refractivity contribution < 1.29 is 9.47 Å². The Balaban J connectivity index is 2.77. The summed E-state index contributed by atoms with van der Waals surface area (Å²) >= 11 is 5.46. The van der Waals surface area contributed by atoms with Crippen LogP contribution in [0.5, 0.6) is 11.5 Å². The average Bonchev–Trinajstić information content (AvgIpc) is 2.41. The zero-order valence-corrected chi connectivity index (χ0v) is 16.0. The van der Waals surface area contributed by atoms with Crippen LogP contribution in [0.2, 0.25) is 0 Å². The van der Waals surface area contributed by atoms with E-state index in [1.54, 1.807) is 7.11 Å². The van der Waals surface area contributed by atoms with Crippen molar-refractivity contribution in [2.24, 2.45) is 0 Å². The molecule has 120 valence electrons. The van der Waals surface area contributed by atoms with Gasteiger partial charge in [-0.2, -0.15) is 11.8 Å². The first-order valence-corrected chi connectivity index (χ1v) is 9.14. The zero-order chi connectivity index (χ0) is 15.9. The normalized spacial score (nSPS) is 11.5. The molecule has 5 heteroatoms. The van der Waals surface area contributed by atoms with E-state index in [0.29, 0.717) is 6.61 Å². The molecule has 1 N–H and O–H groups in total. The predicted octanol–water partition coefficient (Wildman–Crippen LogP) is 4.48. The molecule has 1 aromatic rings. The number of hydrogen-bond acceptors (Lipinski definition) is 4. The molecule has 0 bridgehead atoms. The maximum atomic E-state index is 5.85. The summed E-state index contributed by atoms with van der Waals surface area (Å²) in [7, 11) is 1.68. The SMILES string of the molecule is CCSCCOc1c(Br)cc(CNC(C)(C)C)cc1OC. The van der Waals surface area contributed by atoms with Crippen molar-refractivity contribution in [3.05, 3.63) is 22.2 Å². The summed E-state index contributed by atoms with van der Waals surface area (Å²) in [6, 6.07) is 4.12. The Morgan fingerprint density at radius 2 is 2.00 bits per heavy atom. The van der Waals surface area contributed by atoms with Crippen LogP contribution < -0.4 is 14.8 Å². The highest BCUT2D eigenvalue weighted by Crippen LogP contribution is 2.36. The number of rotatable bonds is 8. The summed E-state index contributed by atoms with van der Waals surface area (Å²) in [6.07, 6.45) is 0. The lowest BCUT2D eigenvalue weighted by Gasteiger charge is -2.21. The van der Waals surface area contributed by atoms with E-state index in [0.717, 1.165) is 34.0 Å². The number of thioether (sulfide) groups is 1. The molecule has 0 aliphatic rings. The van der Waals surface area contributed by atoms with E-state index in [1.165, 1.54) is 5.56 Å². The molecule has 0 unspecified atom stereocenters. The molecule has 0 aromatic heterocycles. The number of hydrogen-bond donors (Lipinski definition) is 1. The van der Waals surface area contributed by atoms with Crippen LogP contribution in [0, 0.1) is 0 Å². The largest absolute Gasteiger partial charge is 0.493 e. The van der Waals surface area contributed by atoms with Crippen LogP contribution in [0.3, 0.4) is 0 Å². The summed E-state index contributed by atoms with van der Waals surface area (Å²) in [6.45, 7) is 10.1. The second kappa shape index (κ2) is 8.91. The monoisotopic (exact) mass is 375 g/mol. The maximum absolute atomic E-state index is 5.85. The molecule has 0 aliphatic heterocycles. The van der Waals surface area contributed by atoms with Crippen molar-refractivity contribution >= 4 is 27.7 Å². The molecule has 0 radical (unpaired) electrons. The minimum Gasteiger partial charge on any atom is -0.493 e. The summed E-state index contributed by atoms with van der Waals surface area (Å²) in [5.74, 6) is 3.66. The van der Waals surface area contributed by atoms with Crippen LogP contribution in [0.1, 0.15) is 33.3 Å². The van der Waals surface area contributed by atoms with Crippen molar-refractivity contribution in [2.75, 3.05) is 25.2 Å². The molecule has 0 amide bonds. The lowest BCUT2D eigenvalue weighted by molar-refractivity contribution is 0.311. The molecule has 0 heterocycles. The van der Waals surface area contributed by atoms with E-state index in [9.17, 15) is 0 Å². The van der Waals surface area contributed by atoms with Crippen LogP contribution in [-0.4, -0.2) is 30.8 Å². The standard InChI is InChI=1S/C16H26BrNO2S/c1-6-21-8-7-20-15-13(17)9-12(10-14(15)19-5)11-18-16(2,3)4/h9-10,18H,6-8,11H2,1-5H3. The summed E-state index contributed by atoms with van der Waals surface area (Å²) in [5.41, 5.74) is 1.26. The lowest BCUT2D eigenvalue weighted by Crippen LogP contribution is -2.35. The maximum Gasteiger partial charge on any atom is 0.175 e. The molecule has 0 spiro atoms. The second-order valence-electron chi connectivity index (χ2n) is 5.76. The smallest absolute Gasteiger partial charge is 0.175 e. The summed E-state index contributed by atoms with van der Waals surface area (Å²) < 4.78 is 12.3. The molecule has 0 saturated heterocycles. The third-order valence-corrected chi connectivity index (χ3v) is 4.24. The molecular weight excluding hydrogens is 350 g/mol. The minimum absolute atomic E-state index is 0.0895. The number of benzene rings is 1. The highest BCUT2D eigenvalue weighted by Gasteiger charge is 2.14. The van der Waals surface area contributed by atoms with E-state index >= 15 is 0 Å². The van der Waals surface area contributed by atoms with Gasteiger partial charge >= 0.3 is 0 Å². The summed E-state index contributed by atoms with van der Waals surface area (Å²) in [5, 5.41) is 3.48. The Hall–Kier alpha value is -0.390. The van der Waals surface area contributed by atoms with E-state index in [4.69, 9.17) is 9.47 Å². The lowest BCUT2D eigenvalue weighted by atomic mass is 10.1. The molecule has 1 rings (SSSR count). The quantitative estimate of drug-likeness (QED) is 0.678. The highest BCUT2D eigenvalue weighted by atomic mass is 79.9. The van der Waals surface area contributed by atoms with Gasteiger partial charge in [0.1, 0.15) is 0 Å². The van der Waals surface area contributed by atoms with Crippen LogP contribution in [-0.2, 0) is 6.54 Å². The average molecular weight is 376 g/mol. The molecule has 0 aliphatic carbocycles. The minimum atomic E-state index is 0.0895. The molecule has 0 fully saturated rings. The Kier molecular flexibility index (Phi) is 7.92. The van der Waals surface area contributed by atoms with Gasteiger partial charge in [0, 0.05) is 17.8 Å². The van der Waals surface area contributed by atoms with Crippen molar-refractivity contribution in [2.45, 2.75) is 39.8 Å². The third kappa shape index (κ3) is 6.94. The van der Waals surface area contributed by atoms with Crippen molar-refractivity contribution in [1.82, 2.24) is 5.32 Å². The van der Waals surface area contributed by atoms with Crippen LogP contribution in [0.4, 0.5) is 0 Å². The zero-order valence-electron chi connectivity index (χ0n) is 13.6. The number of ether oxygens (including phenoxy) is 2. The molecule has 1 aromatic carbocycles.